The zero-order valence-corrected chi connectivity index (χ0v) is 9.22. The number of hydrogen-bond acceptors (Lipinski definition) is 4. The quantitative estimate of drug-likeness (QED) is 0.657. The van der Waals surface area contributed by atoms with E-state index in [0.717, 1.165) is 11.5 Å². The molecular weight excluding hydrogens is 216 g/mol. The molecule has 0 spiro atoms. The van der Waals surface area contributed by atoms with Gasteiger partial charge in [0.2, 0.25) is 0 Å². The van der Waals surface area contributed by atoms with Crippen molar-refractivity contribution in [1.29, 1.82) is 0 Å². The first-order valence-electron chi connectivity index (χ1n) is 5.20. The second kappa shape index (κ2) is 3.82. The Bertz CT molecular complexity index is 624. The molecule has 0 saturated carbocycles. The summed E-state index contributed by atoms with van der Waals surface area (Å²) in [6.45, 7) is 1.91. The zero-order valence-electron chi connectivity index (χ0n) is 9.22. The van der Waals surface area contributed by atoms with Crippen LogP contribution in [0.3, 0.4) is 0 Å². The molecule has 0 unspecified atom stereocenters. The van der Waals surface area contributed by atoms with Gasteiger partial charge in [-0.1, -0.05) is 23.3 Å². The summed E-state index contributed by atoms with van der Waals surface area (Å²) in [6, 6.07) is 9.75. The predicted molar refractivity (Wildman–Crippen MR) is 61.0 cm³/mol. The molecule has 1 aromatic carbocycles. The third kappa shape index (κ3) is 1.59. The number of imidazole rings is 1. The Morgan fingerprint density at radius 3 is 2.65 bits per heavy atom. The highest BCUT2D eigenvalue weighted by Gasteiger charge is 2.11. The molecule has 0 aliphatic heterocycles. The van der Waals surface area contributed by atoms with Gasteiger partial charge in [-0.15, -0.1) is 0 Å². The van der Waals surface area contributed by atoms with Gasteiger partial charge >= 0.3 is 0 Å². The van der Waals surface area contributed by atoms with Gasteiger partial charge < -0.3 is 0 Å². The summed E-state index contributed by atoms with van der Waals surface area (Å²) in [7, 11) is 0. The van der Waals surface area contributed by atoms with Crippen LogP contribution in [0.5, 0.6) is 0 Å². The number of tetrazole rings is 1. The van der Waals surface area contributed by atoms with Gasteiger partial charge in [-0.05, 0) is 29.5 Å². The molecule has 17 heavy (non-hydrogen) atoms. The first-order chi connectivity index (χ1) is 8.36. The standard InChI is InChI=1S/C11H10N6/c1-9-12-7-8-16(9)11-13-14-15-17(11)10-5-3-2-4-6-10/h2-8H,1H3. The van der Waals surface area contributed by atoms with E-state index in [2.05, 4.69) is 20.5 Å². The monoisotopic (exact) mass is 226 g/mol. The topological polar surface area (TPSA) is 61.4 Å². The average molecular weight is 226 g/mol. The van der Waals surface area contributed by atoms with Crippen molar-refractivity contribution in [3.63, 3.8) is 0 Å². The average Bonchev–Trinajstić information content (AvgIpc) is 2.98. The number of hydrogen-bond donors (Lipinski definition) is 0. The molecule has 0 saturated heterocycles. The van der Waals surface area contributed by atoms with Crippen molar-refractivity contribution in [2.24, 2.45) is 0 Å². The Balaban J connectivity index is 2.16. The molecule has 0 radical (unpaired) electrons. The van der Waals surface area contributed by atoms with Crippen LogP contribution < -0.4 is 0 Å². The molecule has 6 nitrogen and oxygen atoms in total. The third-order valence-corrected chi connectivity index (χ3v) is 2.50. The number of aryl methyl sites for hydroxylation is 1. The SMILES string of the molecule is Cc1nccn1-c1nnnn1-c1ccccc1. The fourth-order valence-electron chi connectivity index (χ4n) is 1.66. The second-order valence-electron chi connectivity index (χ2n) is 3.57. The molecule has 3 aromatic rings. The van der Waals surface area contributed by atoms with Crippen molar-refractivity contribution in [2.45, 2.75) is 6.92 Å². The van der Waals surface area contributed by atoms with Crippen LogP contribution in [0.15, 0.2) is 42.7 Å². The summed E-state index contributed by atoms with van der Waals surface area (Å²) < 4.78 is 3.52. The molecular formula is C11H10N6. The van der Waals surface area contributed by atoms with E-state index in [-0.39, 0.29) is 0 Å². The molecule has 0 aliphatic rings. The van der Waals surface area contributed by atoms with Crippen LogP contribution in [0.1, 0.15) is 5.82 Å². The Morgan fingerprint density at radius 2 is 1.94 bits per heavy atom. The molecule has 2 aromatic heterocycles. The maximum atomic E-state index is 4.16. The van der Waals surface area contributed by atoms with Gasteiger partial charge in [-0.2, -0.15) is 4.68 Å². The Hall–Kier alpha value is -2.50. The van der Waals surface area contributed by atoms with E-state index in [0.29, 0.717) is 5.95 Å². The van der Waals surface area contributed by atoms with E-state index in [9.17, 15) is 0 Å². The van der Waals surface area contributed by atoms with E-state index in [1.807, 2.05) is 48.0 Å². The van der Waals surface area contributed by atoms with Gasteiger partial charge in [0.05, 0.1) is 5.69 Å². The molecule has 6 heteroatoms. The molecule has 84 valence electrons. The van der Waals surface area contributed by atoms with Crippen molar-refractivity contribution in [3.05, 3.63) is 48.5 Å². The van der Waals surface area contributed by atoms with Gasteiger partial charge in [0.1, 0.15) is 5.82 Å². The molecule has 0 N–H and O–H groups in total. The van der Waals surface area contributed by atoms with Crippen LogP contribution in [0.4, 0.5) is 0 Å². The van der Waals surface area contributed by atoms with Crippen LogP contribution in [0.25, 0.3) is 11.6 Å². The fraction of sp³-hybridized carbons (Fsp3) is 0.0909. The zero-order chi connectivity index (χ0) is 11.7. The van der Waals surface area contributed by atoms with Crippen molar-refractivity contribution in [1.82, 2.24) is 29.8 Å². The lowest BCUT2D eigenvalue weighted by molar-refractivity contribution is 0.766. The summed E-state index contributed by atoms with van der Waals surface area (Å²) in [4.78, 5) is 4.16. The molecule has 0 fully saturated rings. The van der Waals surface area contributed by atoms with Crippen molar-refractivity contribution >= 4 is 0 Å². The summed E-state index contributed by atoms with van der Waals surface area (Å²) >= 11 is 0. The first kappa shape index (κ1) is 9.71. The minimum atomic E-state index is 0.631. The third-order valence-electron chi connectivity index (χ3n) is 2.50. The maximum absolute atomic E-state index is 4.16. The van der Waals surface area contributed by atoms with Crippen LogP contribution in [0.2, 0.25) is 0 Å². The second-order valence-corrected chi connectivity index (χ2v) is 3.57. The normalized spacial score (nSPS) is 10.6. The number of nitrogens with zero attached hydrogens (tertiary/aromatic N) is 6. The number of benzene rings is 1. The highest BCUT2D eigenvalue weighted by atomic mass is 15.6. The van der Waals surface area contributed by atoms with Crippen LogP contribution in [0, 0.1) is 6.92 Å². The van der Waals surface area contributed by atoms with Crippen LogP contribution in [-0.2, 0) is 0 Å². The number of para-hydroxylation sites is 1. The Morgan fingerprint density at radius 1 is 1.12 bits per heavy atom. The van der Waals surface area contributed by atoms with E-state index in [1.54, 1.807) is 10.9 Å². The number of aromatic nitrogens is 6. The van der Waals surface area contributed by atoms with E-state index in [1.165, 1.54) is 0 Å². The summed E-state index contributed by atoms with van der Waals surface area (Å²) in [6.07, 6.45) is 3.56. The number of rotatable bonds is 2. The van der Waals surface area contributed by atoms with Crippen molar-refractivity contribution in [2.75, 3.05) is 0 Å². The van der Waals surface area contributed by atoms with Crippen molar-refractivity contribution in [3.8, 4) is 11.6 Å². The van der Waals surface area contributed by atoms with E-state index < -0.39 is 0 Å². The van der Waals surface area contributed by atoms with E-state index >= 15 is 0 Å². The van der Waals surface area contributed by atoms with Gasteiger partial charge in [-0.3, -0.25) is 4.57 Å². The molecule has 0 bridgehead atoms. The lowest BCUT2D eigenvalue weighted by Gasteiger charge is -2.05. The lowest BCUT2D eigenvalue weighted by atomic mass is 10.3. The van der Waals surface area contributed by atoms with Gasteiger partial charge in [-0.25, -0.2) is 4.98 Å². The Kier molecular flexibility index (Phi) is 2.18. The van der Waals surface area contributed by atoms with E-state index in [4.69, 9.17) is 0 Å². The molecule has 2 heterocycles. The van der Waals surface area contributed by atoms with Gasteiger partial charge in [0, 0.05) is 12.4 Å². The molecule has 3 rings (SSSR count). The summed E-state index contributed by atoms with van der Waals surface area (Å²) in [5, 5.41) is 11.7. The predicted octanol–water partition coefficient (Wildman–Crippen LogP) is 1.16. The maximum Gasteiger partial charge on any atom is 0.259 e. The van der Waals surface area contributed by atoms with Crippen LogP contribution in [-0.4, -0.2) is 29.8 Å². The minimum absolute atomic E-state index is 0.631. The Labute approximate surface area is 97.5 Å². The smallest absolute Gasteiger partial charge is 0.259 e. The van der Waals surface area contributed by atoms with Gasteiger partial charge in [0.25, 0.3) is 5.95 Å². The first-order valence-corrected chi connectivity index (χ1v) is 5.20. The molecule has 0 aliphatic carbocycles. The van der Waals surface area contributed by atoms with Gasteiger partial charge in [0.15, 0.2) is 0 Å². The summed E-state index contributed by atoms with van der Waals surface area (Å²) in [5.41, 5.74) is 0.917. The molecule has 0 amide bonds. The van der Waals surface area contributed by atoms with Crippen molar-refractivity contribution < 1.29 is 0 Å². The van der Waals surface area contributed by atoms with Crippen LogP contribution >= 0.6 is 0 Å². The highest BCUT2D eigenvalue weighted by Crippen LogP contribution is 2.11. The lowest BCUT2D eigenvalue weighted by Crippen LogP contribution is -2.07. The molecule has 0 atom stereocenters. The fourth-order valence-corrected chi connectivity index (χ4v) is 1.66. The highest BCUT2D eigenvalue weighted by molar-refractivity contribution is 5.34. The minimum Gasteiger partial charge on any atom is -0.271 e. The largest absolute Gasteiger partial charge is 0.271 e. The summed E-state index contributed by atoms with van der Waals surface area (Å²) in [5.74, 6) is 1.48.